The summed E-state index contributed by atoms with van der Waals surface area (Å²) in [7, 11) is 1.65. The van der Waals surface area contributed by atoms with Crippen LogP contribution in [0.2, 0.25) is 0 Å². The average Bonchev–Trinajstić information content (AvgIpc) is 2.97. The fraction of sp³-hybridized carbons (Fsp3) is 0.167. The Hall–Kier alpha value is -2.90. The molecule has 3 N–H and O–H groups in total. The van der Waals surface area contributed by atoms with Gasteiger partial charge in [-0.3, -0.25) is 14.9 Å². The molecule has 0 unspecified atom stereocenters. The lowest BCUT2D eigenvalue weighted by Crippen LogP contribution is -2.24. The Balaban J connectivity index is 2.18. The number of nitrogens with zero attached hydrogens (tertiary/aromatic N) is 2. The number of amides is 1. The normalized spacial score (nSPS) is 10.1. The summed E-state index contributed by atoms with van der Waals surface area (Å²) in [5.74, 6) is -0.396. The Morgan fingerprint density at radius 3 is 2.90 bits per heavy atom. The highest BCUT2D eigenvalue weighted by molar-refractivity contribution is 6.00. The first-order valence-electron chi connectivity index (χ1n) is 5.83. The molecule has 0 saturated heterocycles. The number of H-pyrrole nitrogens is 1. The van der Waals surface area contributed by atoms with E-state index in [-0.39, 0.29) is 17.8 Å². The van der Waals surface area contributed by atoms with Crippen LogP contribution in [0.1, 0.15) is 16.1 Å². The second kappa shape index (κ2) is 5.83. The molecule has 0 spiro atoms. The molecule has 104 valence electrons. The van der Waals surface area contributed by atoms with Gasteiger partial charge in [0.05, 0.1) is 29.1 Å². The standard InChI is InChI=1S/C12H13N5O3/c1-13-11-3-2-9(17(19)20)4-10(11)12(18)15-6-8-5-14-7-16-8/h2-5,7,13H,6H2,1H3,(H,14,16)(H,15,18). The van der Waals surface area contributed by atoms with Gasteiger partial charge in [-0.2, -0.15) is 0 Å². The van der Waals surface area contributed by atoms with Gasteiger partial charge in [0.2, 0.25) is 0 Å². The number of hydrogen-bond acceptors (Lipinski definition) is 5. The second-order valence-corrected chi connectivity index (χ2v) is 4.00. The van der Waals surface area contributed by atoms with Gasteiger partial charge in [-0.1, -0.05) is 0 Å². The SMILES string of the molecule is CNc1ccc([N+](=O)[O-])cc1C(=O)NCc1cnc[nH]1. The molecule has 8 heteroatoms. The summed E-state index contributed by atoms with van der Waals surface area (Å²) in [5, 5.41) is 16.3. The van der Waals surface area contributed by atoms with Gasteiger partial charge in [0, 0.05) is 31.1 Å². The zero-order valence-corrected chi connectivity index (χ0v) is 10.7. The van der Waals surface area contributed by atoms with Crippen molar-refractivity contribution in [1.82, 2.24) is 15.3 Å². The summed E-state index contributed by atoms with van der Waals surface area (Å²) < 4.78 is 0. The number of benzene rings is 1. The lowest BCUT2D eigenvalue weighted by Gasteiger charge is -2.09. The van der Waals surface area contributed by atoms with E-state index in [4.69, 9.17) is 0 Å². The third-order valence-electron chi connectivity index (χ3n) is 2.72. The van der Waals surface area contributed by atoms with Crippen molar-refractivity contribution in [3.8, 4) is 0 Å². The smallest absolute Gasteiger partial charge is 0.270 e. The van der Waals surface area contributed by atoms with Crippen molar-refractivity contribution < 1.29 is 9.72 Å². The molecular formula is C12H13N5O3. The number of carbonyl (C=O) groups excluding carboxylic acids is 1. The number of nitro groups is 1. The summed E-state index contributed by atoms with van der Waals surface area (Å²) >= 11 is 0. The minimum absolute atomic E-state index is 0.129. The molecule has 0 fully saturated rings. The van der Waals surface area contributed by atoms with Gasteiger partial charge >= 0.3 is 0 Å². The first-order valence-corrected chi connectivity index (χ1v) is 5.83. The number of rotatable bonds is 5. The van der Waals surface area contributed by atoms with E-state index in [2.05, 4.69) is 20.6 Å². The Morgan fingerprint density at radius 2 is 2.30 bits per heavy atom. The van der Waals surface area contributed by atoms with Crippen LogP contribution in [0.25, 0.3) is 0 Å². The second-order valence-electron chi connectivity index (χ2n) is 4.00. The molecule has 1 aromatic heterocycles. The Labute approximate surface area is 114 Å². The molecule has 0 atom stereocenters. The number of carbonyl (C=O) groups is 1. The molecule has 2 rings (SSSR count). The number of nitro benzene ring substituents is 1. The van der Waals surface area contributed by atoms with Crippen molar-refractivity contribution in [2.24, 2.45) is 0 Å². The number of nitrogens with one attached hydrogen (secondary N) is 3. The van der Waals surface area contributed by atoms with E-state index in [0.29, 0.717) is 5.69 Å². The maximum atomic E-state index is 12.1. The molecule has 1 amide bonds. The topological polar surface area (TPSA) is 113 Å². The van der Waals surface area contributed by atoms with E-state index in [0.717, 1.165) is 5.69 Å². The molecule has 2 aromatic rings. The van der Waals surface area contributed by atoms with Gasteiger partial charge in [-0.25, -0.2) is 4.98 Å². The zero-order chi connectivity index (χ0) is 14.5. The van der Waals surface area contributed by atoms with Crippen LogP contribution in [0.5, 0.6) is 0 Å². The number of hydrogen-bond donors (Lipinski definition) is 3. The largest absolute Gasteiger partial charge is 0.387 e. The Morgan fingerprint density at radius 1 is 1.50 bits per heavy atom. The highest BCUT2D eigenvalue weighted by Gasteiger charge is 2.16. The quantitative estimate of drug-likeness (QED) is 0.562. The summed E-state index contributed by atoms with van der Waals surface area (Å²) in [6.45, 7) is 0.269. The van der Waals surface area contributed by atoms with Crippen molar-refractivity contribution in [1.29, 1.82) is 0 Å². The number of anilines is 1. The van der Waals surface area contributed by atoms with Crippen LogP contribution in [-0.2, 0) is 6.54 Å². The number of non-ortho nitro benzene ring substituents is 1. The molecule has 0 aliphatic carbocycles. The molecule has 1 heterocycles. The summed E-state index contributed by atoms with van der Waals surface area (Å²) in [6.07, 6.45) is 3.10. The highest BCUT2D eigenvalue weighted by Crippen LogP contribution is 2.21. The van der Waals surface area contributed by atoms with Gasteiger partial charge in [-0.15, -0.1) is 0 Å². The minimum Gasteiger partial charge on any atom is -0.387 e. The van der Waals surface area contributed by atoms with Crippen molar-refractivity contribution in [3.63, 3.8) is 0 Å². The molecule has 1 aromatic carbocycles. The lowest BCUT2D eigenvalue weighted by atomic mass is 10.1. The van der Waals surface area contributed by atoms with Gasteiger partial charge in [-0.05, 0) is 6.07 Å². The van der Waals surface area contributed by atoms with Gasteiger partial charge in [0.1, 0.15) is 0 Å². The van der Waals surface area contributed by atoms with Gasteiger partial charge < -0.3 is 15.6 Å². The van der Waals surface area contributed by atoms with Crippen LogP contribution >= 0.6 is 0 Å². The summed E-state index contributed by atoms with van der Waals surface area (Å²) in [4.78, 5) is 29.0. The molecule has 0 saturated carbocycles. The van der Waals surface area contributed by atoms with Crippen molar-refractivity contribution in [3.05, 3.63) is 52.1 Å². The third-order valence-corrected chi connectivity index (χ3v) is 2.72. The number of imidazole rings is 1. The first kappa shape index (κ1) is 13.5. The molecule has 20 heavy (non-hydrogen) atoms. The van der Waals surface area contributed by atoms with E-state index in [9.17, 15) is 14.9 Å². The van der Waals surface area contributed by atoms with Gasteiger partial charge in [0.25, 0.3) is 11.6 Å². The zero-order valence-electron chi connectivity index (χ0n) is 10.7. The lowest BCUT2D eigenvalue weighted by molar-refractivity contribution is -0.384. The van der Waals surface area contributed by atoms with Crippen LogP contribution in [0.3, 0.4) is 0 Å². The van der Waals surface area contributed by atoms with Crippen LogP contribution in [0.4, 0.5) is 11.4 Å². The summed E-state index contributed by atoms with van der Waals surface area (Å²) in [6, 6.07) is 4.09. The molecular weight excluding hydrogens is 262 g/mol. The summed E-state index contributed by atoms with van der Waals surface area (Å²) in [5.41, 5.74) is 1.37. The van der Waals surface area contributed by atoms with Crippen LogP contribution < -0.4 is 10.6 Å². The number of aromatic amines is 1. The number of aromatic nitrogens is 2. The van der Waals surface area contributed by atoms with Crippen LogP contribution in [0, 0.1) is 10.1 Å². The van der Waals surface area contributed by atoms with E-state index in [1.54, 1.807) is 13.2 Å². The van der Waals surface area contributed by atoms with Crippen LogP contribution in [-0.4, -0.2) is 27.8 Å². The molecule has 0 bridgehead atoms. The molecule has 0 aliphatic rings. The highest BCUT2D eigenvalue weighted by atomic mass is 16.6. The maximum Gasteiger partial charge on any atom is 0.270 e. The van der Waals surface area contributed by atoms with Crippen molar-refractivity contribution in [2.75, 3.05) is 12.4 Å². The van der Waals surface area contributed by atoms with E-state index in [1.807, 2.05) is 0 Å². The monoisotopic (exact) mass is 275 g/mol. The van der Waals surface area contributed by atoms with Crippen molar-refractivity contribution >= 4 is 17.3 Å². The molecule has 8 nitrogen and oxygen atoms in total. The van der Waals surface area contributed by atoms with Crippen molar-refractivity contribution in [2.45, 2.75) is 6.54 Å². The van der Waals surface area contributed by atoms with E-state index in [1.165, 1.54) is 24.5 Å². The predicted octanol–water partition coefficient (Wildman–Crippen LogP) is 1.29. The third kappa shape index (κ3) is 2.91. The van der Waals surface area contributed by atoms with E-state index < -0.39 is 10.8 Å². The molecule has 0 radical (unpaired) electrons. The fourth-order valence-electron chi connectivity index (χ4n) is 1.70. The molecule has 0 aliphatic heterocycles. The van der Waals surface area contributed by atoms with Gasteiger partial charge in [0.15, 0.2) is 0 Å². The Kier molecular flexibility index (Phi) is 3.94. The average molecular weight is 275 g/mol. The predicted molar refractivity (Wildman–Crippen MR) is 72.4 cm³/mol. The first-order chi connectivity index (χ1) is 9.61. The Bertz CT molecular complexity index is 624. The minimum atomic E-state index is -0.537. The van der Waals surface area contributed by atoms with Crippen LogP contribution in [0.15, 0.2) is 30.7 Å². The maximum absolute atomic E-state index is 12.1. The fourth-order valence-corrected chi connectivity index (χ4v) is 1.70. The van der Waals surface area contributed by atoms with E-state index >= 15 is 0 Å².